The van der Waals surface area contributed by atoms with Gasteiger partial charge >= 0.3 is 0 Å². The minimum atomic E-state index is -0.220. The van der Waals surface area contributed by atoms with Gasteiger partial charge in [-0.25, -0.2) is 9.50 Å². The Morgan fingerprint density at radius 1 is 1.07 bits per heavy atom. The third-order valence-corrected chi connectivity index (χ3v) is 5.02. The molecule has 2 N–H and O–H groups in total. The van der Waals surface area contributed by atoms with Gasteiger partial charge < -0.3 is 10.4 Å². The zero-order chi connectivity index (χ0) is 21.3. The molecule has 6 heteroatoms. The van der Waals surface area contributed by atoms with Gasteiger partial charge in [0, 0.05) is 23.3 Å². The summed E-state index contributed by atoms with van der Waals surface area (Å²) in [6.07, 6.45) is 1.67. The van der Waals surface area contributed by atoms with Crippen LogP contribution in [0.1, 0.15) is 42.3 Å². The lowest BCUT2D eigenvalue weighted by molar-refractivity contribution is 0.102. The normalized spacial score (nSPS) is 11.6. The summed E-state index contributed by atoms with van der Waals surface area (Å²) in [7, 11) is 0. The first-order chi connectivity index (χ1) is 14.3. The van der Waals surface area contributed by atoms with Crippen LogP contribution in [0.15, 0.2) is 66.9 Å². The number of amides is 1. The summed E-state index contributed by atoms with van der Waals surface area (Å²) in [6.45, 7) is 6.37. The van der Waals surface area contributed by atoms with Gasteiger partial charge in [0.05, 0.1) is 18.5 Å². The number of anilines is 1. The molecule has 2 aromatic heterocycles. The summed E-state index contributed by atoms with van der Waals surface area (Å²) >= 11 is 0. The molecule has 0 fully saturated rings. The molecule has 0 aliphatic heterocycles. The Labute approximate surface area is 175 Å². The second-order valence-corrected chi connectivity index (χ2v) is 8.27. The lowest BCUT2D eigenvalue weighted by Gasteiger charge is -2.19. The van der Waals surface area contributed by atoms with Crippen LogP contribution in [0.2, 0.25) is 0 Å². The van der Waals surface area contributed by atoms with Crippen LogP contribution in [-0.4, -0.2) is 25.6 Å². The Balaban J connectivity index is 1.67. The van der Waals surface area contributed by atoms with Crippen LogP contribution in [0.5, 0.6) is 0 Å². The zero-order valence-electron chi connectivity index (χ0n) is 17.3. The van der Waals surface area contributed by atoms with Crippen LogP contribution in [0.25, 0.3) is 16.9 Å². The highest BCUT2D eigenvalue weighted by Gasteiger charge is 2.16. The third-order valence-electron chi connectivity index (χ3n) is 5.02. The molecule has 2 heterocycles. The summed E-state index contributed by atoms with van der Waals surface area (Å²) in [5, 5.41) is 16.7. The summed E-state index contributed by atoms with van der Waals surface area (Å²) in [6, 6.07) is 18.8. The molecular formula is C24H24N4O2. The maximum atomic E-state index is 12.8. The molecule has 0 aliphatic carbocycles. The Kier molecular flexibility index (Phi) is 5.10. The quantitative estimate of drug-likeness (QED) is 0.531. The molecule has 0 bridgehead atoms. The van der Waals surface area contributed by atoms with Crippen molar-refractivity contribution in [2.45, 2.75) is 32.8 Å². The standard InChI is InChI=1S/C24H24N4O2/c1-24(2,3)19-9-7-17(8-10-19)23(30)27-21-14-20(28-22(26-21)11-12-25-28)18-6-4-5-16(13-18)15-29/h4-14,29H,15H2,1-3H3,(H,26,27,30). The second kappa shape index (κ2) is 7.72. The molecule has 0 saturated heterocycles. The van der Waals surface area contributed by atoms with Crippen LogP contribution in [0, 0.1) is 0 Å². The summed E-state index contributed by atoms with van der Waals surface area (Å²) in [5.41, 5.74) is 4.85. The summed E-state index contributed by atoms with van der Waals surface area (Å²) in [4.78, 5) is 17.3. The minimum absolute atomic E-state index is 0.0294. The van der Waals surface area contributed by atoms with Crippen LogP contribution < -0.4 is 5.32 Å². The Bertz CT molecular complexity index is 1200. The van der Waals surface area contributed by atoms with Crippen molar-refractivity contribution in [2.75, 3.05) is 5.32 Å². The zero-order valence-corrected chi connectivity index (χ0v) is 17.3. The van der Waals surface area contributed by atoms with E-state index >= 15 is 0 Å². The van der Waals surface area contributed by atoms with Crippen molar-refractivity contribution >= 4 is 17.4 Å². The first-order valence-corrected chi connectivity index (χ1v) is 9.82. The van der Waals surface area contributed by atoms with Crippen LogP contribution in [0.3, 0.4) is 0 Å². The Morgan fingerprint density at radius 2 is 1.83 bits per heavy atom. The van der Waals surface area contributed by atoms with Crippen LogP contribution in [-0.2, 0) is 12.0 Å². The van der Waals surface area contributed by atoms with Crippen LogP contribution in [0.4, 0.5) is 5.82 Å². The highest BCUT2D eigenvalue weighted by Crippen LogP contribution is 2.25. The van der Waals surface area contributed by atoms with Gasteiger partial charge in [0.25, 0.3) is 5.91 Å². The summed E-state index contributed by atoms with van der Waals surface area (Å²) in [5.74, 6) is 0.221. The van der Waals surface area contributed by atoms with E-state index in [1.54, 1.807) is 22.8 Å². The largest absolute Gasteiger partial charge is 0.392 e. The molecule has 4 aromatic rings. The molecule has 1 amide bonds. The number of carbonyl (C=O) groups is 1. The Hall–Kier alpha value is -3.51. The maximum absolute atomic E-state index is 12.8. The van der Waals surface area contributed by atoms with Crippen molar-refractivity contribution in [3.05, 3.63) is 83.6 Å². The lowest BCUT2D eigenvalue weighted by atomic mass is 9.87. The van der Waals surface area contributed by atoms with E-state index in [9.17, 15) is 9.90 Å². The summed E-state index contributed by atoms with van der Waals surface area (Å²) < 4.78 is 1.71. The fourth-order valence-corrected chi connectivity index (χ4v) is 3.32. The van der Waals surface area contributed by atoms with E-state index in [0.29, 0.717) is 17.0 Å². The van der Waals surface area contributed by atoms with Crippen molar-refractivity contribution in [1.82, 2.24) is 14.6 Å². The number of aliphatic hydroxyl groups is 1. The highest BCUT2D eigenvalue weighted by atomic mass is 16.3. The molecule has 0 atom stereocenters. The third kappa shape index (κ3) is 3.95. The van der Waals surface area contributed by atoms with E-state index in [1.165, 1.54) is 5.56 Å². The van der Waals surface area contributed by atoms with Crippen molar-refractivity contribution < 1.29 is 9.90 Å². The molecule has 152 valence electrons. The smallest absolute Gasteiger partial charge is 0.256 e. The monoisotopic (exact) mass is 400 g/mol. The first kappa shape index (κ1) is 19.8. The van der Waals surface area contributed by atoms with Gasteiger partial charge in [-0.1, -0.05) is 51.1 Å². The van der Waals surface area contributed by atoms with Crippen molar-refractivity contribution in [1.29, 1.82) is 0 Å². The predicted octanol–water partition coefficient (Wildman–Crippen LogP) is 4.44. The second-order valence-electron chi connectivity index (χ2n) is 8.27. The van der Waals surface area contributed by atoms with Crippen molar-refractivity contribution in [3.8, 4) is 11.3 Å². The van der Waals surface area contributed by atoms with Gasteiger partial charge in [0.1, 0.15) is 5.82 Å². The molecule has 0 aliphatic rings. The molecular weight excluding hydrogens is 376 g/mol. The average Bonchev–Trinajstić information content (AvgIpc) is 3.21. The Morgan fingerprint density at radius 3 is 2.53 bits per heavy atom. The fourth-order valence-electron chi connectivity index (χ4n) is 3.32. The lowest BCUT2D eigenvalue weighted by Crippen LogP contribution is -2.15. The number of hydrogen-bond donors (Lipinski definition) is 2. The van der Waals surface area contributed by atoms with E-state index in [0.717, 1.165) is 16.8 Å². The van der Waals surface area contributed by atoms with E-state index in [1.807, 2.05) is 48.5 Å². The molecule has 30 heavy (non-hydrogen) atoms. The minimum Gasteiger partial charge on any atom is -0.392 e. The average molecular weight is 400 g/mol. The number of rotatable bonds is 4. The first-order valence-electron chi connectivity index (χ1n) is 9.82. The number of nitrogens with zero attached hydrogens (tertiary/aromatic N) is 3. The van der Waals surface area contributed by atoms with Crippen molar-refractivity contribution in [3.63, 3.8) is 0 Å². The van der Waals surface area contributed by atoms with Gasteiger partial charge in [-0.15, -0.1) is 0 Å². The van der Waals surface area contributed by atoms with Gasteiger partial charge in [-0.3, -0.25) is 4.79 Å². The molecule has 0 radical (unpaired) electrons. The topological polar surface area (TPSA) is 79.5 Å². The van der Waals surface area contributed by atoms with Gasteiger partial charge in [0.2, 0.25) is 0 Å². The van der Waals surface area contributed by atoms with Gasteiger partial charge in [0.15, 0.2) is 5.65 Å². The van der Waals surface area contributed by atoms with Crippen LogP contribution >= 0.6 is 0 Å². The number of carbonyl (C=O) groups excluding carboxylic acids is 1. The van der Waals surface area contributed by atoms with Crippen molar-refractivity contribution in [2.24, 2.45) is 0 Å². The molecule has 0 saturated carbocycles. The van der Waals surface area contributed by atoms with E-state index < -0.39 is 0 Å². The van der Waals surface area contributed by atoms with Gasteiger partial charge in [-0.2, -0.15) is 5.10 Å². The molecule has 4 rings (SSSR count). The highest BCUT2D eigenvalue weighted by molar-refractivity contribution is 6.04. The molecule has 0 unspecified atom stereocenters. The fraction of sp³-hybridized carbons (Fsp3) is 0.208. The number of hydrogen-bond acceptors (Lipinski definition) is 4. The predicted molar refractivity (Wildman–Crippen MR) is 117 cm³/mol. The maximum Gasteiger partial charge on any atom is 0.256 e. The SMILES string of the molecule is CC(C)(C)c1ccc(C(=O)Nc2cc(-c3cccc(CO)c3)n3nccc3n2)cc1. The number of fused-ring (bicyclic) bond motifs is 1. The van der Waals surface area contributed by atoms with E-state index in [2.05, 4.69) is 36.2 Å². The van der Waals surface area contributed by atoms with E-state index in [4.69, 9.17) is 0 Å². The molecule has 2 aromatic carbocycles. The number of aliphatic hydroxyl groups excluding tert-OH is 1. The van der Waals surface area contributed by atoms with Gasteiger partial charge in [-0.05, 0) is 34.7 Å². The number of nitrogens with one attached hydrogen (secondary N) is 1. The molecule has 6 nitrogen and oxygen atoms in total. The van der Waals surface area contributed by atoms with E-state index in [-0.39, 0.29) is 17.9 Å². The molecule has 0 spiro atoms. The number of aromatic nitrogens is 3. The number of benzene rings is 2.